The number of fused-ring (bicyclic) bond motifs is 1. The second-order valence-corrected chi connectivity index (χ2v) is 6.49. The summed E-state index contributed by atoms with van der Waals surface area (Å²) in [7, 11) is 1.74. The molecule has 4 rings (SSSR count). The average molecular weight is 355 g/mol. The third-order valence-electron chi connectivity index (χ3n) is 4.93. The molecule has 0 spiro atoms. The van der Waals surface area contributed by atoms with Crippen LogP contribution in [0.4, 0.5) is 0 Å². The molecule has 0 amide bonds. The molecule has 0 radical (unpaired) electrons. The SMILES string of the molecule is COc1ccccc1CN1CCC(c2cc3ccccc3cn2)C1.Cl. The fourth-order valence-corrected chi connectivity index (χ4v) is 3.62. The summed E-state index contributed by atoms with van der Waals surface area (Å²) in [5.74, 6) is 1.49. The van der Waals surface area contributed by atoms with Crippen molar-refractivity contribution in [1.82, 2.24) is 9.88 Å². The molecule has 1 atom stereocenters. The highest BCUT2D eigenvalue weighted by molar-refractivity contribution is 5.85. The van der Waals surface area contributed by atoms with Crippen molar-refractivity contribution >= 4 is 23.2 Å². The van der Waals surface area contributed by atoms with E-state index in [2.05, 4.69) is 47.4 Å². The molecule has 1 fully saturated rings. The summed E-state index contributed by atoms with van der Waals surface area (Å²) in [6, 6.07) is 19.0. The Morgan fingerprint density at radius 2 is 1.84 bits per heavy atom. The van der Waals surface area contributed by atoms with Crippen LogP contribution in [0, 0.1) is 0 Å². The normalized spacial score (nSPS) is 17.4. The first-order valence-electron chi connectivity index (χ1n) is 8.52. The standard InChI is InChI=1S/C21H22N2O.ClH/c1-24-21-9-5-4-8-19(21)15-23-11-10-18(14-23)20-12-16-6-2-3-7-17(16)13-22-20;/h2-9,12-13,18H,10-11,14-15H2,1H3;1H. The molecule has 1 saturated heterocycles. The minimum atomic E-state index is 0. The maximum atomic E-state index is 5.48. The highest BCUT2D eigenvalue weighted by Gasteiger charge is 2.25. The molecule has 130 valence electrons. The molecular formula is C21H23ClN2O. The lowest BCUT2D eigenvalue weighted by Crippen LogP contribution is -2.20. The van der Waals surface area contributed by atoms with E-state index in [1.165, 1.54) is 28.5 Å². The van der Waals surface area contributed by atoms with Crippen LogP contribution in [-0.4, -0.2) is 30.1 Å². The molecule has 1 aliphatic heterocycles. The van der Waals surface area contributed by atoms with Gasteiger partial charge in [0.05, 0.1) is 7.11 Å². The second-order valence-electron chi connectivity index (χ2n) is 6.49. The number of hydrogen-bond donors (Lipinski definition) is 0. The second kappa shape index (κ2) is 7.85. The van der Waals surface area contributed by atoms with Crippen LogP contribution in [0.1, 0.15) is 23.6 Å². The van der Waals surface area contributed by atoms with Gasteiger partial charge in [0.15, 0.2) is 0 Å². The molecular weight excluding hydrogens is 332 g/mol. The van der Waals surface area contributed by atoms with Gasteiger partial charge in [-0.15, -0.1) is 12.4 Å². The quantitative estimate of drug-likeness (QED) is 0.681. The minimum Gasteiger partial charge on any atom is -0.496 e. The number of benzene rings is 2. The molecule has 2 aromatic carbocycles. The summed E-state index contributed by atoms with van der Waals surface area (Å²) in [4.78, 5) is 7.21. The van der Waals surface area contributed by atoms with Gasteiger partial charge in [-0.1, -0.05) is 42.5 Å². The number of nitrogens with zero attached hydrogens (tertiary/aromatic N) is 2. The average Bonchev–Trinajstić information content (AvgIpc) is 3.10. The number of aromatic nitrogens is 1. The van der Waals surface area contributed by atoms with Crippen LogP contribution in [0.25, 0.3) is 10.8 Å². The zero-order valence-electron chi connectivity index (χ0n) is 14.4. The molecule has 1 aromatic heterocycles. The molecule has 0 saturated carbocycles. The molecule has 4 heteroatoms. The van der Waals surface area contributed by atoms with Gasteiger partial charge in [0.1, 0.15) is 5.75 Å². The topological polar surface area (TPSA) is 25.4 Å². The van der Waals surface area contributed by atoms with Crippen LogP contribution in [0.2, 0.25) is 0 Å². The number of likely N-dealkylation sites (tertiary alicyclic amines) is 1. The van der Waals surface area contributed by atoms with Crippen LogP contribution >= 0.6 is 12.4 Å². The lowest BCUT2D eigenvalue weighted by Gasteiger charge is -2.18. The van der Waals surface area contributed by atoms with Crippen molar-refractivity contribution in [1.29, 1.82) is 0 Å². The summed E-state index contributed by atoms with van der Waals surface area (Å²) < 4.78 is 5.48. The number of rotatable bonds is 4. The zero-order chi connectivity index (χ0) is 16.4. The van der Waals surface area contributed by atoms with Crippen LogP contribution in [0.15, 0.2) is 60.8 Å². The highest BCUT2D eigenvalue weighted by atomic mass is 35.5. The summed E-state index contributed by atoms with van der Waals surface area (Å²) in [5, 5.41) is 2.50. The van der Waals surface area contributed by atoms with E-state index in [0.717, 1.165) is 25.4 Å². The summed E-state index contributed by atoms with van der Waals surface area (Å²) in [5.41, 5.74) is 2.48. The molecule has 0 bridgehead atoms. The molecule has 2 heterocycles. The van der Waals surface area contributed by atoms with E-state index >= 15 is 0 Å². The van der Waals surface area contributed by atoms with Gasteiger partial charge in [-0.3, -0.25) is 9.88 Å². The highest BCUT2D eigenvalue weighted by Crippen LogP contribution is 2.30. The van der Waals surface area contributed by atoms with Crippen molar-refractivity contribution < 1.29 is 4.74 Å². The van der Waals surface area contributed by atoms with Gasteiger partial charge in [0, 0.05) is 41.8 Å². The van der Waals surface area contributed by atoms with E-state index in [1.807, 2.05) is 18.3 Å². The maximum Gasteiger partial charge on any atom is 0.123 e. The fraction of sp³-hybridized carbons (Fsp3) is 0.286. The molecule has 0 N–H and O–H groups in total. The van der Waals surface area contributed by atoms with Crippen LogP contribution in [-0.2, 0) is 6.54 Å². The van der Waals surface area contributed by atoms with Crippen molar-refractivity contribution in [2.75, 3.05) is 20.2 Å². The van der Waals surface area contributed by atoms with Crippen molar-refractivity contribution in [2.45, 2.75) is 18.9 Å². The third kappa shape index (κ3) is 3.78. The minimum absolute atomic E-state index is 0. The number of ether oxygens (including phenoxy) is 1. The Labute approximate surface area is 155 Å². The Morgan fingerprint density at radius 3 is 2.68 bits per heavy atom. The predicted molar refractivity (Wildman–Crippen MR) is 105 cm³/mol. The van der Waals surface area contributed by atoms with E-state index in [0.29, 0.717) is 5.92 Å². The Kier molecular flexibility index (Phi) is 5.57. The first-order valence-corrected chi connectivity index (χ1v) is 8.52. The third-order valence-corrected chi connectivity index (χ3v) is 4.93. The van der Waals surface area contributed by atoms with Gasteiger partial charge < -0.3 is 4.74 Å². The number of halogens is 1. The lowest BCUT2D eigenvalue weighted by atomic mass is 10.0. The van der Waals surface area contributed by atoms with Gasteiger partial charge in [-0.05, 0) is 30.5 Å². The van der Waals surface area contributed by atoms with Crippen LogP contribution in [0.5, 0.6) is 5.75 Å². The Balaban J connectivity index is 0.00000182. The summed E-state index contributed by atoms with van der Waals surface area (Å²) >= 11 is 0. The number of para-hydroxylation sites is 1. The maximum absolute atomic E-state index is 5.48. The summed E-state index contributed by atoms with van der Waals surface area (Å²) in [6.07, 6.45) is 3.17. The van der Waals surface area contributed by atoms with Gasteiger partial charge in [0.2, 0.25) is 0 Å². The molecule has 1 aliphatic rings. The van der Waals surface area contributed by atoms with Crippen LogP contribution in [0.3, 0.4) is 0 Å². The van der Waals surface area contributed by atoms with Gasteiger partial charge >= 0.3 is 0 Å². The number of hydrogen-bond acceptors (Lipinski definition) is 3. The van der Waals surface area contributed by atoms with Crippen molar-refractivity contribution in [3.63, 3.8) is 0 Å². The predicted octanol–water partition coefficient (Wildman–Crippen LogP) is 4.65. The Bertz CT molecular complexity index is 852. The summed E-state index contributed by atoms with van der Waals surface area (Å²) in [6.45, 7) is 3.11. The molecule has 0 aliphatic carbocycles. The lowest BCUT2D eigenvalue weighted by molar-refractivity contribution is 0.316. The largest absolute Gasteiger partial charge is 0.496 e. The molecule has 1 unspecified atom stereocenters. The van der Waals surface area contributed by atoms with E-state index in [-0.39, 0.29) is 12.4 Å². The molecule has 3 nitrogen and oxygen atoms in total. The molecule has 25 heavy (non-hydrogen) atoms. The first kappa shape index (κ1) is 17.7. The molecule has 3 aromatic rings. The van der Waals surface area contributed by atoms with Crippen molar-refractivity contribution in [3.05, 3.63) is 72.1 Å². The van der Waals surface area contributed by atoms with Crippen LogP contribution < -0.4 is 4.74 Å². The van der Waals surface area contributed by atoms with Gasteiger partial charge in [0.25, 0.3) is 0 Å². The first-order chi connectivity index (χ1) is 11.8. The van der Waals surface area contributed by atoms with Gasteiger partial charge in [-0.25, -0.2) is 0 Å². The monoisotopic (exact) mass is 354 g/mol. The van der Waals surface area contributed by atoms with Gasteiger partial charge in [-0.2, -0.15) is 0 Å². The van der Waals surface area contributed by atoms with E-state index in [1.54, 1.807) is 7.11 Å². The Hall–Kier alpha value is -2.10. The van der Waals surface area contributed by atoms with Crippen molar-refractivity contribution in [3.8, 4) is 5.75 Å². The van der Waals surface area contributed by atoms with Crippen molar-refractivity contribution in [2.24, 2.45) is 0 Å². The smallest absolute Gasteiger partial charge is 0.123 e. The van der Waals surface area contributed by atoms with E-state index in [4.69, 9.17) is 9.72 Å². The number of pyridine rings is 1. The fourth-order valence-electron chi connectivity index (χ4n) is 3.62. The Morgan fingerprint density at radius 1 is 1.08 bits per heavy atom. The zero-order valence-corrected chi connectivity index (χ0v) is 15.2. The number of methoxy groups -OCH3 is 1. The van der Waals surface area contributed by atoms with E-state index < -0.39 is 0 Å². The van der Waals surface area contributed by atoms with E-state index in [9.17, 15) is 0 Å².